The average Bonchev–Trinajstić information content (AvgIpc) is 2.32. The average molecular weight is 230 g/mol. The molecule has 1 atom stereocenters. The number of nitrogens with two attached hydrogens (primary N) is 1. The van der Waals surface area contributed by atoms with Gasteiger partial charge in [-0.25, -0.2) is 0 Å². The fraction of sp³-hybridized carbons (Fsp3) is 0.727. The van der Waals surface area contributed by atoms with Gasteiger partial charge in [0.2, 0.25) is 0 Å². The van der Waals surface area contributed by atoms with E-state index in [2.05, 4.69) is 18.9 Å². The quantitative estimate of drug-likeness (QED) is 0.862. The molecule has 1 aromatic heterocycles. The van der Waals surface area contributed by atoms with Crippen molar-refractivity contribution in [1.29, 1.82) is 0 Å². The van der Waals surface area contributed by atoms with Gasteiger partial charge in [0.1, 0.15) is 5.15 Å². The van der Waals surface area contributed by atoms with E-state index in [0.29, 0.717) is 5.15 Å². The van der Waals surface area contributed by atoms with Gasteiger partial charge < -0.3 is 5.73 Å². The minimum atomic E-state index is -0.188. The Morgan fingerprint density at radius 3 is 2.53 bits per heavy atom. The molecule has 15 heavy (non-hydrogen) atoms. The van der Waals surface area contributed by atoms with Crippen LogP contribution in [0, 0.1) is 6.92 Å². The van der Waals surface area contributed by atoms with Gasteiger partial charge in [0.05, 0.1) is 5.69 Å². The van der Waals surface area contributed by atoms with Crippen LogP contribution in [0.4, 0.5) is 0 Å². The molecule has 4 heteroatoms. The maximum atomic E-state index is 6.21. The third kappa shape index (κ3) is 2.95. The van der Waals surface area contributed by atoms with E-state index >= 15 is 0 Å². The summed E-state index contributed by atoms with van der Waals surface area (Å²) in [5, 5.41) is 4.99. The summed E-state index contributed by atoms with van der Waals surface area (Å²) in [5.74, 6) is 0. The van der Waals surface area contributed by atoms with E-state index in [1.54, 1.807) is 4.68 Å². The Hall–Kier alpha value is -0.540. The maximum Gasteiger partial charge on any atom is 0.130 e. The van der Waals surface area contributed by atoms with Crippen LogP contribution in [0.15, 0.2) is 0 Å². The summed E-state index contributed by atoms with van der Waals surface area (Å²) in [6.45, 7) is 6.19. The first-order chi connectivity index (χ1) is 6.87. The number of hydrogen-bond donors (Lipinski definition) is 1. The summed E-state index contributed by atoms with van der Waals surface area (Å²) in [5.41, 5.74) is 8.09. The predicted octanol–water partition coefficient (Wildman–Crippen LogP) is 2.44. The van der Waals surface area contributed by atoms with Crippen LogP contribution >= 0.6 is 11.6 Å². The Kier molecular flexibility index (Phi) is 3.79. The topological polar surface area (TPSA) is 43.8 Å². The number of nitrogens with zero attached hydrogens (tertiary/aromatic N) is 2. The van der Waals surface area contributed by atoms with Crippen molar-refractivity contribution in [3.05, 3.63) is 16.4 Å². The van der Waals surface area contributed by atoms with Crippen LogP contribution in [0.2, 0.25) is 5.15 Å². The molecule has 0 spiro atoms. The molecule has 86 valence electrons. The molecule has 0 radical (unpaired) electrons. The van der Waals surface area contributed by atoms with Gasteiger partial charge in [-0.3, -0.25) is 4.68 Å². The van der Waals surface area contributed by atoms with Crippen molar-refractivity contribution >= 4 is 11.6 Å². The van der Waals surface area contributed by atoms with Crippen LogP contribution in [0.5, 0.6) is 0 Å². The minimum Gasteiger partial charge on any atom is -0.325 e. The molecule has 0 bridgehead atoms. The highest BCUT2D eigenvalue weighted by Gasteiger charge is 2.22. The van der Waals surface area contributed by atoms with Crippen LogP contribution in [0.25, 0.3) is 0 Å². The highest BCUT2D eigenvalue weighted by atomic mass is 35.5. The van der Waals surface area contributed by atoms with E-state index in [0.717, 1.165) is 30.5 Å². The first-order valence-corrected chi connectivity index (χ1v) is 5.72. The Labute approximate surface area is 96.6 Å². The lowest BCUT2D eigenvalue weighted by atomic mass is 9.90. The van der Waals surface area contributed by atoms with Gasteiger partial charge in [0.25, 0.3) is 0 Å². The first-order valence-electron chi connectivity index (χ1n) is 5.34. The molecule has 1 heterocycles. The van der Waals surface area contributed by atoms with Crippen LogP contribution in [-0.4, -0.2) is 15.3 Å². The molecule has 1 rings (SSSR count). The molecule has 0 aliphatic rings. The number of aryl methyl sites for hydroxylation is 2. The van der Waals surface area contributed by atoms with Gasteiger partial charge in [-0.15, -0.1) is 0 Å². The van der Waals surface area contributed by atoms with Gasteiger partial charge in [-0.05, 0) is 26.7 Å². The van der Waals surface area contributed by atoms with E-state index in [1.807, 2.05) is 14.0 Å². The van der Waals surface area contributed by atoms with Crippen molar-refractivity contribution < 1.29 is 0 Å². The zero-order valence-corrected chi connectivity index (χ0v) is 10.7. The molecule has 0 amide bonds. The highest BCUT2D eigenvalue weighted by molar-refractivity contribution is 6.30. The third-order valence-electron chi connectivity index (χ3n) is 2.67. The van der Waals surface area contributed by atoms with Crippen molar-refractivity contribution in [2.45, 2.75) is 45.6 Å². The molecule has 0 aliphatic heterocycles. The Morgan fingerprint density at radius 2 is 2.13 bits per heavy atom. The molecule has 0 saturated heterocycles. The van der Waals surface area contributed by atoms with Crippen molar-refractivity contribution in [2.24, 2.45) is 12.8 Å². The van der Waals surface area contributed by atoms with Gasteiger partial charge in [0, 0.05) is 18.2 Å². The maximum absolute atomic E-state index is 6.21. The van der Waals surface area contributed by atoms with E-state index in [9.17, 15) is 0 Å². The lowest BCUT2D eigenvalue weighted by molar-refractivity contribution is 0.424. The van der Waals surface area contributed by atoms with Gasteiger partial charge >= 0.3 is 0 Å². The van der Waals surface area contributed by atoms with E-state index in [4.69, 9.17) is 17.3 Å². The Balaban J connectivity index is 2.89. The summed E-state index contributed by atoms with van der Waals surface area (Å²) < 4.78 is 1.70. The van der Waals surface area contributed by atoms with Gasteiger partial charge in [0.15, 0.2) is 0 Å². The summed E-state index contributed by atoms with van der Waals surface area (Å²) in [6.07, 6.45) is 2.88. The molecule has 0 fully saturated rings. The Bertz CT molecular complexity index is 342. The normalized spacial score (nSPS) is 15.3. The van der Waals surface area contributed by atoms with Crippen LogP contribution < -0.4 is 5.73 Å². The van der Waals surface area contributed by atoms with Gasteiger partial charge in [-0.2, -0.15) is 5.10 Å². The molecule has 0 aliphatic carbocycles. The zero-order valence-electron chi connectivity index (χ0n) is 9.97. The molecule has 3 nitrogen and oxygen atoms in total. The standard InChI is InChI=1S/C11H20ClN3/c1-5-6-11(3,13)7-9-8(2)14-15(4)10(9)12/h5-7,13H2,1-4H3. The SMILES string of the molecule is CCCC(C)(N)Cc1c(C)nn(C)c1Cl. The molecule has 1 aromatic rings. The molecular weight excluding hydrogens is 210 g/mol. The van der Waals surface area contributed by atoms with Crippen LogP contribution in [0.1, 0.15) is 37.9 Å². The predicted molar refractivity (Wildman–Crippen MR) is 64.2 cm³/mol. The largest absolute Gasteiger partial charge is 0.325 e. The molecular formula is C11H20ClN3. The highest BCUT2D eigenvalue weighted by Crippen LogP contribution is 2.24. The second kappa shape index (κ2) is 4.54. The zero-order chi connectivity index (χ0) is 11.6. The van der Waals surface area contributed by atoms with Crippen molar-refractivity contribution in [3.8, 4) is 0 Å². The minimum absolute atomic E-state index is 0.188. The first kappa shape index (κ1) is 12.5. The lowest BCUT2D eigenvalue weighted by Crippen LogP contribution is -2.38. The molecule has 1 unspecified atom stereocenters. The van der Waals surface area contributed by atoms with Crippen LogP contribution in [0.3, 0.4) is 0 Å². The Morgan fingerprint density at radius 1 is 1.53 bits per heavy atom. The number of hydrogen-bond acceptors (Lipinski definition) is 2. The summed E-state index contributed by atoms with van der Waals surface area (Å²) in [6, 6.07) is 0. The van der Waals surface area contributed by atoms with Gasteiger partial charge in [-0.1, -0.05) is 24.9 Å². The smallest absolute Gasteiger partial charge is 0.130 e. The number of rotatable bonds is 4. The molecule has 0 saturated carbocycles. The second-order valence-electron chi connectivity index (χ2n) is 4.56. The lowest BCUT2D eigenvalue weighted by Gasteiger charge is -2.23. The number of halogens is 1. The van der Waals surface area contributed by atoms with E-state index in [1.165, 1.54) is 0 Å². The molecule has 2 N–H and O–H groups in total. The fourth-order valence-corrected chi connectivity index (χ4v) is 2.18. The van der Waals surface area contributed by atoms with Crippen LogP contribution in [-0.2, 0) is 13.5 Å². The van der Waals surface area contributed by atoms with Crippen molar-refractivity contribution in [1.82, 2.24) is 9.78 Å². The number of aromatic nitrogens is 2. The third-order valence-corrected chi connectivity index (χ3v) is 3.14. The van der Waals surface area contributed by atoms with E-state index < -0.39 is 0 Å². The molecule has 0 aromatic carbocycles. The second-order valence-corrected chi connectivity index (χ2v) is 4.92. The van der Waals surface area contributed by atoms with Crippen molar-refractivity contribution in [3.63, 3.8) is 0 Å². The monoisotopic (exact) mass is 229 g/mol. The summed E-state index contributed by atoms with van der Waals surface area (Å²) in [4.78, 5) is 0. The summed E-state index contributed by atoms with van der Waals surface area (Å²) >= 11 is 6.17. The van der Waals surface area contributed by atoms with E-state index in [-0.39, 0.29) is 5.54 Å². The van der Waals surface area contributed by atoms with Crippen molar-refractivity contribution in [2.75, 3.05) is 0 Å². The fourth-order valence-electron chi connectivity index (χ4n) is 1.94. The summed E-state index contributed by atoms with van der Waals surface area (Å²) in [7, 11) is 1.85.